The highest BCUT2D eigenvalue weighted by atomic mass is 16.5. The van der Waals surface area contributed by atoms with Crippen molar-refractivity contribution in [1.29, 1.82) is 0 Å². The quantitative estimate of drug-likeness (QED) is 0.736. The highest BCUT2D eigenvalue weighted by molar-refractivity contribution is 5.94. The number of anilines is 1. The van der Waals surface area contributed by atoms with Gasteiger partial charge in [-0.1, -0.05) is 19.9 Å². The highest BCUT2D eigenvalue weighted by Crippen LogP contribution is 2.17. The van der Waals surface area contributed by atoms with Crippen LogP contribution in [0.5, 0.6) is 5.75 Å². The van der Waals surface area contributed by atoms with Crippen LogP contribution in [-0.2, 0) is 9.53 Å². The lowest BCUT2D eigenvalue weighted by molar-refractivity contribution is -0.118. The van der Waals surface area contributed by atoms with Crippen LogP contribution in [0.3, 0.4) is 0 Å². The first-order valence-electron chi connectivity index (χ1n) is 6.33. The number of ether oxygens (including phenoxy) is 2. The van der Waals surface area contributed by atoms with Crippen molar-refractivity contribution < 1.29 is 14.3 Å². The summed E-state index contributed by atoms with van der Waals surface area (Å²) < 4.78 is 10.4. The molecule has 0 saturated heterocycles. The van der Waals surface area contributed by atoms with Gasteiger partial charge in [-0.05, 0) is 18.1 Å². The SMILES string of the molecule is COCCOc1cccc(NC(=O)C(N)C(C)C)c1. The molecule has 0 radical (unpaired) electrons. The monoisotopic (exact) mass is 266 g/mol. The predicted molar refractivity (Wildman–Crippen MR) is 75.3 cm³/mol. The maximum Gasteiger partial charge on any atom is 0.241 e. The van der Waals surface area contributed by atoms with Crippen LogP contribution in [0.1, 0.15) is 13.8 Å². The number of amides is 1. The first-order chi connectivity index (χ1) is 9.04. The number of rotatable bonds is 7. The summed E-state index contributed by atoms with van der Waals surface area (Å²) in [4.78, 5) is 11.8. The molecule has 0 heterocycles. The van der Waals surface area contributed by atoms with Crippen LogP contribution in [0.15, 0.2) is 24.3 Å². The number of hydrogen-bond donors (Lipinski definition) is 2. The normalized spacial score (nSPS) is 12.3. The summed E-state index contributed by atoms with van der Waals surface area (Å²) in [6, 6.07) is 6.69. The zero-order valence-corrected chi connectivity index (χ0v) is 11.7. The molecule has 19 heavy (non-hydrogen) atoms. The molecular formula is C14H22N2O3. The van der Waals surface area contributed by atoms with E-state index in [0.29, 0.717) is 24.7 Å². The fourth-order valence-corrected chi connectivity index (χ4v) is 1.43. The molecule has 1 unspecified atom stereocenters. The summed E-state index contributed by atoms with van der Waals surface area (Å²) >= 11 is 0. The lowest BCUT2D eigenvalue weighted by Gasteiger charge is -2.15. The van der Waals surface area contributed by atoms with Crippen molar-refractivity contribution in [1.82, 2.24) is 0 Å². The van der Waals surface area contributed by atoms with Gasteiger partial charge in [-0.2, -0.15) is 0 Å². The molecule has 1 aromatic carbocycles. The van der Waals surface area contributed by atoms with E-state index in [0.717, 1.165) is 0 Å². The van der Waals surface area contributed by atoms with Gasteiger partial charge in [0, 0.05) is 18.9 Å². The Bertz CT molecular complexity index is 407. The van der Waals surface area contributed by atoms with Gasteiger partial charge < -0.3 is 20.5 Å². The zero-order chi connectivity index (χ0) is 14.3. The van der Waals surface area contributed by atoms with E-state index in [1.807, 2.05) is 26.0 Å². The van der Waals surface area contributed by atoms with E-state index in [-0.39, 0.29) is 11.8 Å². The van der Waals surface area contributed by atoms with Gasteiger partial charge in [0.25, 0.3) is 0 Å². The van der Waals surface area contributed by atoms with Gasteiger partial charge in [-0.25, -0.2) is 0 Å². The molecule has 0 aliphatic carbocycles. The van der Waals surface area contributed by atoms with Crippen molar-refractivity contribution in [3.05, 3.63) is 24.3 Å². The summed E-state index contributed by atoms with van der Waals surface area (Å²) in [5, 5.41) is 2.78. The third-order valence-corrected chi connectivity index (χ3v) is 2.68. The van der Waals surface area contributed by atoms with Gasteiger partial charge in [0.05, 0.1) is 12.6 Å². The Labute approximate surface area is 114 Å². The number of nitrogens with one attached hydrogen (secondary N) is 1. The molecule has 5 heteroatoms. The minimum absolute atomic E-state index is 0.0983. The first-order valence-corrected chi connectivity index (χ1v) is 6.33. The van der Waals surface area contributed by atoms with Gasteiger partial charge in [0.15, 0.2) is 0 Å². The average Bonchev–Trinajstić information content (AvgIpc) is 2.38. The van der Waals surface area contributed by atoms with E-state index < -0.39 is 6.04 Å². The van der Waals surface area contributed by atoms with Crippen LogP contribution < -0.4 is 15.8 Å². The molecule has 1 aromatic rings. The van der Waals surface area contributed by atoms with E-state index in [1.54, 1.807) is 19.2 Å². The van der Waals surface area contributed by atoms with Crippen LogP contribution in [0, 0.1) is 5.92 Å². The molecule has 5 nitrogen and oxygen atoms in total. The number of benzene rings is 1. The molecular weight excluding hydrogens is 244 g/mol. The summed E-state index contributed by atoms with van der Waals surface area (Å²) in [6.07, 6.45) is 0. The van der Waals surface area contributed by atoms with Crippen LogP contribution in [0.2, 0.25) is 0 Å². The second-order valence-electron chi connectivity index (χ2n) is 4.63. The minimum Gasteiger partial charge on any atom is -0.491 e. The van der Waals surface area contributed by atoms with Crippen LogP contribution in [-0.4, -0.2) is 32.3 Å². The molecule has 1 amide bonds. The minimum atomic E-state index is -0.516. The van der Waals surface area contributed by atoms with E-state index in [4.69, 9.17) is 15.2 Å². The molecule has 0 spiro atoms. The van der Waals surface area contributed by atoms with Crippen molar-refractivity contribution >= 4 is 11.6 Å². The third kappa shape index (κ3) is 5.28. The molecule has 0 aromatic heterocycles. The average molecular weight is 266 g/mol. The number of methoxy groups -OCH3 is 1. The lowest BCUT2D eigenvalue weighted by atomic mass is 10.0. The van der Waals surface area contributed by atoms with Gasteiger partial charge in [0.2, 0.25) is 5.91 Å². The predicted octanol–water partition coefficient (Wildman–Crippen LogP) is 1.63. The number of carbonyl (C=O) groups excluding carboxylic acids is 1. The molecule has 1 atom stereocenters. The molecule has 0 aliphatic heterocycles. The Morgan fingerprint density at radius 1 is 1.37 bits per heavy atom. The van der Waals surface area contributed by atoms with Crippen molar-refractivity contribution in [2.45, 2.75) is 19.9 Å². The third-order valence-electron chi connectivity index (χ3n) is 2.68. The fourth-order valence-electron chi connectivity index (χ4n) is 1.43. The van der Waals surface area contributed by atoms with Crippen molar-refractivity contribution in [2.24, 2.45) is 11.7 Å². The standard InChI is InChI=1S/C14H22N2O3/c1-10(2)13(15)14(17)16-11-5-4-6-12(9-11)19-8-7-18-3/h4-6,9-10,13H,7-8,15H2,1-3H3,(H,16,17). The number of hydrogen-bond acceptors (Lipinski definition) is 4. The topological polar surface area (TPSA) is 73.6 Å². The van der Waals surface area contributed by atoms with E-state index in [9.17, 15) is 4.79 Å². The summed E-state index contributed by atoms with van der Waals surface area (Å²) in [5.74, 6) is 0.596. The second kappa shape index (κ2) is 7.76. The number of carbonyl (C=O) groups is 1. The zero-order valence-electron chi connectivity index (χ0n) is 11.7. The molecule has 0 bridgehead atoms. The Morgan fingerprint density at radius 3 is 2.74 bits per heavy atom. The maximum absolute atomic E-state index is 11.8. The van der Waals surface area contributed by atoms with Crippen molar-refractivity contribution in [3.8, 4) is 5.75 Å². The van der Waals surface area contributed by atoms with Gasteiger partial charge >= 0.3 is 0 Å². The summed E-state index contributed by atoms with van der Waals surface area (Å²) in [6.45, 7) is 4.82. The molecule has 0 fully saturated rings. The Balaban J connectivity index is 2.59. The van der Waals surface area contributed by atoms with E-state index in [1.165, 1.54) is 0 Å². The molecule has 0 aliphatic rings. The van der Waals surface area contributed by atoms with E-state index >= 15 is 0 Å². The molecule has 0 saturated carbocycles. The summed E-state index contributed by atoms with van der Waals surface area (Å²) in [7, 11) is 1.62. The first kappa shape index (κ1) is 15.5. The fraction of sp³-hybridized carbons (Fsp3) is 0.500. The Kier molecular flexibility index (Phi) is 6.32. The van der Waals surface area contributed by atoms with Gasteiger partial charge in [-0.3, -0.25) is 4.79 Å². The number of nitrogens with two attached hydrogens (primary N) is 1. The second-order valence-corrected chi connectivity index (χ2v) is 4.63. The largest absolute Gasteiger partial charge is 0.491 e. The maximum atomic E-state index is 11.8. The van der Waals surface area contributed by atoms with Crippen molar-refractivity contribution in [3.63, 3.8) is 0 Å². The van der Waals surface area contributed by atoms with Crippen LogP contribution in [0.25, 0.3) is 0 Å². The molecule has 106 valence electrons. The van der Waals surface area contributed by atoms with E-state index in [2.05, 4.69) is 5.32 Å². The molecule has 3 N–H and O–H groups in total. The summed E-state index contributed by atoms with van der Waals surface area (Å²) in [5.41, 5.74) is 6.46. The smallest absolute Gasteiger partial charge is 0.241 e. The van der Waals surface area contributed by atoms with Gasteiger partial charge in [-0.15, -0.1) is 0 Å². The van der Waals surface area contributed by atoms with Crippen LogP contribution >= 0.6 is 0 Å². The Hall–Kier alpha value is -1.59. The Morgan fingerprint density at radius 2 is 2.11 bits per heavy atom. The van der Waals surface area contributed by atoms with Crippen molar-refractivity contribution in [2.75, 3.05) is 25.6 Å². The highest BCUT2D eigenvalue weighted by Gasteiger charge is 2.17. The van der Waals surface area contributed by atoms with Crippen LogP contribution in [0.4, 0.5) is 5.69 Å². The lowest BCUT2D eigenvalue weighted by Crippen LogP contribution is -2.39. The molecule has 1 rings (SSSR count). The van der Waals surface area contributed by atoms with Gasteiger partial charge in [0.1, 0.15) is 12.4 Å².